The SMILES string of the molecule is N#Cc1c(N)sc2c(F)ccc(-c3c(Cl)cc4c(NC5C[C@H]6CC[C@@H](C5)N6C(=O)n5cncn5)nc(OC[C@@]56CCCN5C[C@H](F)C6)nc4c3F)c12. The fourth-order valence-corrected chi connectivity index (χ4v) is 10.2. The molecule has 4 aliphatic heterocycles. The van der Waals surface area contributed by atoms with Gasteiger partial charge in [-0.2, -0.15) is 25.0 Å². The lowest BCUT2D eigenvalue weighted by Crippen LogP contribution is -2.51. The number of nitrogens with two attached hydrogens (primary N) is 1. The Morgan fingerprint density at radius 3 is 2.79 bits per heavy atom. The maximum absolute atomic E-state index is 17.1. The number of nitrogen functional groups attached to an aromatic ring is 1. The van der Waals surface area contributed by atoms with E-state index in [1.807, 2.05) is 11.0 Å². The number of nitriles is 1. The summed E-state index contributed by atoms with van der Waals surface area (Å²) in [7, 11) is 0. The Morgan fingerprint density at radius 1 is 1.23 bits per heavy atom. The second kappa shape index (κ2) is 12.5. The topological polar surface area (TPSA) is 151 Å². The normalized spacial score (nSPS) is 25.6. The third-order valence-corrected chi connectivity index (χ3v) is 12.5. The number of amides is 1. The Balaban J connectivity index is 1.12. The van der Waals surface area contributed by atoms with Crippen molar-refractivity contribution in [2.75, 3.05) is 30.7 Å². The van der Waals surface area contributed by atoms with Gasteiger partial charge in [0.15, 0.2) is 5.82 Å². The van der Waals surface area contributed by atoms with Crippen LogP contribution in [0, 0.1) is 23.0 Å². The van der Waals surface area contributed by atoms with Gasteiger partial charge in [-0.1, -0.05) is 17.7 Å². The Bertz CT molecular complexity index is 2290. The Morgan fingerprint density at radius 2 is 2.04 bits per heavy atom. The lowest BCUT2D eigenvalue weighted by Gasteiger charge is -2.39. The Hall–Kier alpha value is -4.72. The quantitative estimate of drug-likeness (QED) is 0.197. The summed E-state index contributed by atoms with van der Waals surface area (Å²) < 4.78 is 54.2. The zero-order chi connectivity index (χ0) is 35.9. The van der Waals surface area contributed by atoms with Crippen molar-refractivity contribution < 1.29 is 22.7 Å². The summed E-state index contributed by atoms with van der Waals surface area (Å²) in [6.07, 6.45) is 6.63. The van der Waals surface area contributed by atoms with Crippen molar-refractivity contribution in [3.05, 3.63) is 53.1 Å². The van der Waals surface area contributed by atoms with Gasteiger partial charge in [-0.05, 0) is 62.8 Å². The second-order valence-corrected chi connectivity index (χ2v) is 15.6. The summed E-state index contributed by atoms with van der Waals surface area (Å²) in [5.74, 6) is -1.10. The molecule has 0 saturated carbocycles. The highest BCUT2D eigenvalue weighted by Crippen LogP contribution is 2.46. The van der Waals surface area contributed by atoms with Gasteiger partial charge in [0.2, 0.25) is 0 Å². The number of anilines is 2. The highest BCUT2D eigenvalue weighted by molar-refractivity contribution is 7.23. The highest BCUT2D eigenvalue weighted by atomic mass is 35.5. The lowest BCUT2D eigenvalue weighted by molar-refractivity contribution is 0.107. The number of ether oxygens (including phenoxy) is 1. The average molecular weight is 749 g/mol. The molecule has 3 aromatic heterocycles. The van der Waals surface area contributed by atoms with Gasteiger partial charge in [-0.15, -0.1) is 11.3 Å². The van der Waals surface area contributed by atoms with E-state index in [9.17, 15) is 18.8 Å². The van der Waals surface area contributed by atoms with Gasteiger partial charge in [0, 0.05) is 47.4 Å². The Labute approximate surface area is 304 Å². The van der Waals surface area contributed by atoms with Crippen LogP contribution in [0.3, 0.4) is 0 Å². The van der Waals surface area contributed by atoms with E-state index >= 15 is 4.39 Å². The molecule has 9 rings (SSSR count). The van der Waals surface area contributed by atoms with Crippen molar-refractivity contribution >= 4 is 60.8 Å². The summed E-state index contributed by atoms with van der Waals surface area (Å²) in [6.45, 7) is 1.25. The van der Waals surface area contributed by atoms with Crippen LogP contribution in [0.4, 0.5) is 28.8 Å². The first-order valence-corrected chi connectivity index (χ1v) is 18.4. The molecule has 1 amide bonds. The predicted octanol–water partition coefficient (Wildman–Crippen LogP) is 6.52. The molecule has 4 aliphatic rings. The summed E-state index contributed by atoms with van der Waals surface area (Å²) in [4.78, 5) is 30.4. The number of benzene rings is 2. The number of carbonyl (C=O) groups is 1. The standard InChI is InChI=1S/C35H32ClF3N10O2S/c36-24-10-22-29(28(39)27(24)21-4-5-25(38)30-26(21)23(12-40)31(41)52-30)45-33(51-14-35-6-1-7-47(35)13-17(37)11-35)46-32(22)44-18-8-19-2-3-20(9-18)49(19)34(50)48-16-42-15-43-48/h4-5,10,15-20H,1-3,6-9,11,13-14,41H2,(H,44,45,46)/t17-,18?,19-,20+,35+/m1/s1. The number of carbonyl (C=O) groups excluding carboxylic acids is 1. The second-order valence-electron chi connectivity index (χ2n) is 14.1. The third kappa shape index (κ3) is 5.23. The molecule has 268 valence electrons. The van der Waals surface area contributed by atoms with Crippen molar-refractivity contribution in [1.82, 2.24) is 34.5 Å². The number of hydrogen-bond donors (Lipinski definition) is 2. The van der Waals surface area contributed by atoms with E-state index in [1.165, 1.54) is 29.5 Å². The van der Waals surface area contributed by atoms with Gasteiger partial charge in [0.25, 0.3) is 0 Å². The van der Waals surface area contributed by atoms with Crippen LogP contribution in [0.15, 0.2) is 30.9 Å². The molecular formula is C35H32ClF3N10O2S. The molecule has 4 fully saturated rings. The number of alkyl halides is 1. The van der Waals surface area contributed by atoms with Crippen molar-refractivity contribution in [2.24, 2.45) is 0 Å². The van der Waals surface area contributed by atoms with Crippen molar-refractivity contribution in [3.63, 3.8) is 0 Å². The number of halogens is 4. The number of aromatic nitrogens is 5. The fourth-order valence-electron chi connectivity index (χ4n) is 8.98. The van der Waals surface area contributed by atoms with Crippen LogP contribution in [0.25, 0.3) is 32.1 Å². The summed E-state index contributed by atoms with van der Waals surface area (Å²) in [6, 6.07) is 5.59. The third-order valence-electron chi connectivity index (χ3n) is 11.2. The van der Waals surface area contributed by atoms with Gasteiger partial charge < -0.3 is 20.7 Å². The van der Waals surface area contributed by atoms with E-state index in [-0.39, 0.29) is 79.1 Å². The molecule has 0 radical (unpaired) electrons. The van der Waals surface area contributed by atoms with Crippen LogP contribution in [-0.2, 0) is 0 Å². The van der Waals surface area contributed by atoms with Crippen molar-refractivity contribution in [1.29, 1.82) is 5.26 Å². The number of thiophene rings is 1. The maximum atomic E-state index is 17.1. The number of piperidine rings is 1. The summed E-state index contributed by atoms with van der Waals surface area (Å²) in [5.41, 5.74) is 5.65. The van der Waals surface area contributed by atoms with Gasteiger partial charge in [-0.3, -0.25) is 4.90 Å². The molecule has 5 aromatic rings. The minimum Gasteiger partial charge on any atom is -0.461 e. The molecule has 7 heterocycles. The van der Waals surface area contributed by atoms with Crippen molar-refractivity contribution in [2.45, 2.75) is 74.8 Å². The van der Waals surface area contributed by atoms with Gasteiger partial charge >= 0.3 is 12.0 Å². The van der Waals surface area contributed by atoms with Gasteiger partial charge in [0.1, 0.15) is 53.7 Å². The molecule has 2 aromatic carbocycles. The summed E-state index contributed by atoms with van der Waals surface area (Å²) in [5, 5.41) is 18.0. The molecule has 3 N–H and O–H groups in total. The smallest absolute Gasteiger partial charge is 0.346 e. The van der Waals surface area contributed by atoms with E-state index < -0.39 is 23.3 Å². The zero-order valence-electron chi connectivity index (χ0n) is 27.7. The van der Waals surface area contributed by atoms with E-state index in [1.54, 1.807) is 6.07 Å². The predicted molar refractivity (Wildman–Crippen MR) is 189 cm³/mol. The average Bonchev–Trinajstić information content (AvgIpc) is 3.94. The number of fused-ring (bicyclic) bond motifs is 5. The molecule has 12 nitrogen and oxygen atoms in total. The van der Waals surface area contributed by atoms with Crippen LogP contribution in [0.2, 0.25) is 5.02 Å². The maximum Gasteiger partial charge on any atom is 0.346 e. The monoisotopic (exact) mass is 748 g/mol. The van der Waals surface area contributed by atoms with Crippen LogP contribution < -0.4 is 15.8 Å². The van der Waals surface area contributed by atoms with E-state index in [4.69, 9.17) is 27.1 Å². The molecule has 5 atom stereocenters. The Kier molecular flexibility index (Phi) is 7.94. The van der Waals surface area contributed by atoms with Crippen LogP contribution in [-0.4, -0.2) is 90.1 Å². The summed E-state index contributed by atoms with van der Waals surface area (Å²) >= 11 is 7.77. The highest BCUT2D eigenvalue weighted by Gasteiger charge is 2.49. The minimum absolute atomic E-state index is 0.000588. The molecule has 1 unspecified atom stereocenters. The van der Waals surface area contributed by atoms with Gasteiger partial charge in [0.05, 0.1) is 20.8 Å². The van der Waals surface area contributed by atoms with Crippen LogP contribution in [0.5, 0.6) is 6.01 Å². The molecule has 0 spiro atoms. The molecule has 17 heteroatoms. The number of nitrogens with zero attached hydrogens (tertiary/aromatic N) is 8. The number of hydrogen-bond acceptors (Lipinski definition) is 11. The van der Waals surface area contributed by atoms with E-state index in [2.05, 4.69) is 25.3 Å². The molecule has 0 aliphatic carbocycles. The first-order valence-electron chi connectivity index (χ1n) is 17.2. The first-order chi connectivity index (χ1) is 25.1. The van der Waals surface area contributed by atoms with Crippen LogP contribution >= 0.6 is 22.9 Å². The van der Waals surface area contributed by atoms with Crippen molar-refractivity contribution in [3.8, 4) is 23.2 Å². The van der Waals surface area contributed by atoms with Gasteiger partial charge in [-0.25, -0.2) is 22.9 Å². The largest absolute Gasteiger partial charge is 0.461 e. The van der Waals surface area contributed by atoms with E-state index in [0.29, 0.717) is 37.0 Å². The zero-order valence-corrected chi connectivity index (χ0v) is 29.2. The lowest BCUT2D eigenvalue weighted by atomic mass is 9.95. The fraction of sp³-hybridized carbons (Fsp3) is 0.429. The van der Waals surface area contributed by atoms with E-state index in [0.717, 1.165) is 43.6 Å². The molecule has 4 saturated heterocycles. The van der Waals surface area contributed by atoms with Crippen LogP contribution in [0.1, 0.15) is 50.5 Å². The molecular weight excluding hydrogens is 717 g/mol. The first kappa shape index (κ1) is 33.1. The molecule has 52 heavy (non-hydrogen) atoms. The number of rotatable bonds is 6. The number of nitrogens with one attached hydrogen (secondary N) is 1. The molecule has 2 bridgehead atoms. The minimum atomic E-state index is -0.963.